The van der Waals surface area contributed by atoms with E-state index in [4.69, 9.17) is 9.52 Å². The molecule has 1 aromatic carbocycles. The summed E-state index contributed by atoms with van der Waals surface area (Å²) < 4.78 is 6.17. The Labute approximate surface area is 116 Å². The van der Waals surface area contributed by atoms with Crippen LogP contribution in [-0.2, 0) is 0 Å². The highest BCUT2D eigenvalue weighted by molar-refractivity contribution is 8.00. The van der Waals surface area contributed by atoms with Gasteiger partial charge >= 0.3 is 5.97 Å². The third-order valence-electron chi connectivity index (χ3n) is 2.42. The third-order valence-corrected chi connectivity index (χ3v) is 4.48. The van der Waals surface area contributed by atoms with Crippen LogP contribution in [0.25, 0.3) is 11.1 Å². The van der Waals surface area contributed by atoms with Gasteiger partial charge in [0.1, 0.15) is 10.4 Å². The van der Waals surface area contributed by atoms with Gasteiger partial charge in [-0.05, 0) is 19.1 Å². The lowest BCUT2D eigenvalue weighted by molar-refractivity contribution is 0.0701. The number of aromatic carboxylic acids is 1. The zero-order valence-corrected chi connectivity index (χ0v) is 11.4. The number of aromatic nitrogens is 2. The number of benzene rings is 1. The van der Waals surface area contributed by atoms with E-state index in [0.717, 1.165) is 16.9 Å². The van der Waals surface area contributed by atoms with E-state index in [9.17, 15) is 4.79 Å². The number of thiazole rings is 1. The Balaban J connectivity index is 1.92. The molecule has 3 rings (SSSR count). The second-order valence-electron chi connectivity index (χ2n) is 3.75. The van der Waals surface area contributed by atoms with Crippen LogP contribution in [0.5, 0.6) is 0 Å². The van der Waals surface area contributed by atoms with Gasteiger partial charge in [-0.3, -0.25) is 0 Å². The van der Waals surface area contributed by atoms with E-state index >= 15 is 0 Å². The van der Waals surface area contributed by atoms with Crippen LogP contribution < -0.4 is 0 Å². The Morgan fingerprint density at radius 3 is 2.84 bits per heavy atom. The van der Waals surface area contributed by atoms with Gasteiger partial charge in [0.05, 0.1) is 5.69 Å². The maximum absolute atomic E-state index is 11.0. The van der Waals surface area contributed by atoms with Gasteiger partial charge in [-0.15, -0.1) is 0 Å². The average Bonchev–Trinajstić information content (AvgIpc) is 2.92. The molecule has 0 bridgehead atoms. The van der Waals surface area contributed by atoms with Gasteiger partial charge in [-0.2, -0.15) is 0 Å². The largest absolute Gasteiger partial charge is 0.477 e. The molecule has 0 unspecified atom stereocenters. The van der Waals surface area contributed by atoms with Gasteiger partial charge in [0.25, 0.3) is 5.22 Å². The van der Waals surface area contributed by atoms with Crippen LogP contribution in [0.4, 0.5) is 0 Å². The van der Waals surface area contributed by atoms with E-state index in [1.165, 1.54) is 11.8 Å². The fraction of sp³-hybridized carbons (Fsp3) is 0.0833. The Kier molecular flexibility index (Phi) is 3.00. The highest BCUT2D eigenvalue weighted by Gasteiger charge is 2.16. The highest BCUT2D eigenvalue weighted by Crippen LogP contribution is 2.33. The van der Waals surface area contributed by atoms with Crippen molar-refractivity contribution in [2.75, 3.05) is 0 Å². The summed E-state index contributed by atoms with van der Waals surface area (Å²) in [6.07, 6.45) is 0. The van der Waals surface area contributed by atoms with E-state index in [1.807, 2.05) is 24.3 Å². The number of oxazole rings is 1. The average molecular weight is 292 g/mol. The molecule has 3 aromatic rings. The van der Waals surface area contributed by atoms with Crippen LogP contribution in [0.2, 0.25) is 0 Å². The quantitative estimate of drug-likeness (QED) is 0.797. The van der Waals surface area contributed by atoms with Crippen molar-refractivity contribution in [2.45, 2.75) is 16.5 Å². The van der Waals surface area contributed by atoms with Crippen molar-refractivity contribution < 1.29 is 14.3 Å². The third kappa shape index (κ3) is 2.34. The van der Waals surface area contributed by atoms with E-state index in [-0.39, 0.29) is 4.88 Å². The topological polar surface area (TPSA) is 76.2 Å². The van der Waals surface area contributed by atoms with Crippen LogP contribution in [-0.4, -0.2) is 21.0 Å². The summed E-state index contributed by atoms with van der Waals surface area (Å²) in [5.74, 6) is -0.959. The van der Waals surface area contributed by atoms with Crippen LogP contribution in [0.3, 0.4) is 0 Å². The number of hydrogen-bond acceptors (Lipinski definition) is 6. The van der Waals surface area contributed by atoms with Gasteiger partial charge in [0, 0.05) is 11.8 Å². The van der Waals surface area contributed by atoms with E-state index in [2.05, 4.69) is 9.97 Å². The molecule has 96 valence electrons. The molecule has 0 spiro atoms. The van der Waals surface area contributed by atoms with Crippen LogP contribution in [0.1, 0.15) is 15.4 Å². The molecule has 0 saturated heterocycles. The number of para-hydroxylation sites is 2. The summed E-state index contributed by atoms with van der Waals surface area (Å²) in [7, 11) is 0. The van der Waals surface area contributed by atoms with E-state index in [1.54, 1.807) is 6.92 Å². The van der Waals surface area contributed by atoms with Crippen molar-refractivity contribution in [3.05, 3.63) is 34.8 Å². The van der Waals surface area contributed by atoms with E-state index in [0.29, 0.717) is 20.8 Å². The minimum absolute atomic E-state index is 0.249. The molecule has 0 amide bonds. The summed E-state index contributed by atoms with van der Waals surface area (Å²) in [5, 5.41) is 9.45. The number of rotatable bonds is 3. The first-order valence-corrected chi connectivity index (χ1v) is 7.01. The first kappa shape index (κ1) is 12.2. The summed E-state index contributed by atoms with van der Waals surface area (Å²) in [6, 6.07) is 7.45. The van der Waals surface area contributed by atoms with Gasteiger partial charge in [0.15, 0.2) is 9.92 Å². The molecule has 0 radical (unpaired) electrons. The normalized spacial score (nSPS) is 11.0. The van der Waals surface area contributed by atoms with Gasteiger partial charge in [-0.1, -0.05) is 23.5 Å². The molecule has 0 atom stereocenters. The zero-order chi connectivity index (χ0) is 13.4. The van der Waals surface area contributed by atoms with Crippen molar-refractivity contribution in [3.8, 4) is 0 Å². The number of carboxylic acid groups (broad SMARTS) is 1. The number of aryl methyl sites for hydroxylation is 1. The smallest absolute Gasteiger partial charge is 0.347 e. The van der Waals surface area contributed by atoms with Crippen molar-refractivity contribution in [2.24, 2.45) is 0 Å². The standard InChI is InChI=1S/C12H8N2O3S2/c1-6-9(10(15)16)18-12(13-6)19-11-14-7-4-2-3-5-8(7)17-11/h2-5H,1H3,(H,15,16). The minimum Gasteiger partial charge on any atom is -0.477 e. The van der Waals surface area contributed by atoms with Gasteiger partial charge in [-0.25, -0.2) is 14.8 Å². The molecule has 2 heterocycles. The maximum atomic E-state index is 11.0. The SMILES string of the molecule is Cc1nc(Sc2nc3ccccc3o2)sc1C(=O)O. The molecular formula is C12H8N2O3S2. The molecule has 19 heavy (non-hydrogen) atoms. The molecule has 0 aliphatic rings. The summed E-state index contributed by atoms with van der Waals surface area (Å²) in [5.41, 5.74) is 1.99. The number of fused-ring (bicyclic) bond motifs is 1. The maximum Gasteiger partial charge on any atom is 0.347 e. The monoisotopic (exact) mass is 292 g/mol. The Morgan fingerprint density at radius 1 is 1.37 bits per heavy atom. The number of nitrogens with zero attached hydrogens (tertiary/aromatic N) is 2. The lowest BCUT2D eigenvalue weighted by Gasteiger charge is -1.87. The lowest BCUT2D eigenvalue weighted by atomic mass is 10.3. The number of carboxylic acids is 1. The van der Waals surface area contributed by atoms with Crippen molar-refractivity contribution in [1.82, 2.24) is 9.97 Å². The summed E-state index contributed by atoms with van der Waals surface area (Å²) in [6.45, 7) is 1.68. The summed E-state index contributed by atoms with van der Waals surface area (Å²) >= 11 is 2.36. The van der Waals surface area contributed by atoms with Gasteiger partial charge in [0.2, 0.25) is 0 Å². The fourth-order valence-electron chi connectivity index (χ4n) is 1.58. The molecule has 5 nitrogen and oxygen atoms in total. The second kappa shape index (κ2) is 4.67. The lowest BCUT2D eigenvalue weighted by Crippen LogP contribution is -1.94. The molecule has 1 N–H and O–H groups in total. The molecule has 0 aliphatic carbocycles. The Bertz CT molecular complexity index is 730. The highest BCUT2D eigenvalue weighted by atomic mass is 32.2. The van der Waals surface area contributed by atoms with Crippen molar-refractivity contribution >= 4 is 40.2 Å². The molecule has 7 heteroatoms. The van der Waals surface area contributed by atoms with Crippen LogP contribution in [0.15, 0.2) is 38.2 Å². The van der Waals surface area contributed by atoms with Crippen molar-refractivity contribution in [1.29, 1.82) is 0 Å². The first-order valence-electron chi connectivity index (χ1n) is 5.37. The Hall–Kier alpha value is -1.86. The van der Waals surface area contributed by atoms with Crippen LogP contribution >= 0.6 is 23.1 Å². The summed E-state index contributed by atoms with van der Waals surface area (Å²) in [4.78, 5) is 19.7. The second-order valence-corrected chi connectivity index (χ2v) is 5.95. The molecule has 0 saturated carbocycles. The number of hydrogen-bond donors (Lipinski definition) is 1. The molecule has 0 aliphatic heterocycles. The predicted molar refractivity (Wildman–Crippen MR) is 71.9 cm³/mol. The van der Waals surface area contributed by atoms with Crippen molar-refractivity contribution in [3.63, 3.8) is 0 Å². The predicted octanol–water partition coefficient (Wildman–Crippen LogP) is 3.44. The zero-order valence-electron chi connectivity index (χ0n) is 9.78. The molecule has 0 fully saturated rings. The number of carbonyl (C=O) groups is 1. The molecular weight excluding hydrogens is 284 g/mol. The first-order chi connectivity index (χ1) is 9.13. The van der Waals surface area contributed by atoms with Crippen LogP contribution in [0, 0.1) is 6.92 Å². The van der Waals surface area contributed by atoms with Gasteiger partial charge < -0.3 is 9.52 Å². The fourth-order valence-corrected chi connectivity index (χ4v) is 3.46. The molecule has 2 aromatic heterocycles. The Morgan fingerprint density at radius 2 is 2.16 bits per heavy atom. The minimum atomic E-state index is -0.959. The van der Waals surface area contributed by atoms with E-state index < -0.39 is 5.97 Å².